The van der Waals surface area contributed by atoms with Crippen LogP contribution in [-0.4, -0.2) is 29.9 Å². The SMILES string of the molecule is O=C(CC1CCN(C2CC2)CC1)Nc1cccc(Br)c1. The molecule has 0 radical (unpaired) electrons. The molecule has 108 valence electrons. The van der Waals surface area contributed by atoms with E-state index in [2.05, 4.69) is 26.1 Å². The number of carbonyl (C=O) groups excluding carboxylic acids is 1. The molecule has 1 aromatic rings. The molecule has 4 heteroatoms. The van der Waals surface area contributed by atoms with Crippen molar-refractivity contribution >= 4 is 27.5 Å². The summed E-state index contributed by atoms with van der Waals surface area (Å²) in [7, 11) is 0. The Labute approximate surface area is 128 Å². The quantitative estimate of drug-likeness (QED) is 0.910. The number of carbonyl (C=O) groups is 1. The van der Waals surface area contributed by atoms with Gasteiger partial charge in [0.05, 0.1) is 0 Å². The van der Waals surface area contributed by atoms with Crippen molar-refractivity contribution in [3.8, 4) is 0 Å². The van der Waals surface area contributed by atoms with E-state index in [-0.39, 0.29) is 5.91 Å². The third-order valence-corrected chi connectivity index (χ3v) is 4.79. The van der Waals surface area contributed by atoms with Crippen LogP contribution in [0, 0.1) is 5.92 Å². The first-order valence-electron chi connectivity index (χ1n) is 7.50. The molecule has 20 heavy (non-hydrogen) atoms. The van der Waals surface area contributed by atoms with Crippen LogP contribution in [0.5, 0.6) is 0 Å². The van der Waals surface area contributed by atoms with Crippen LogP contribution in [0.4, 0.5) is 5.69 Å². The summed E-state index contributed by atoms with van der Waals surface area (Å²) in [5, 5.41) is 2.99. The van der Waals surface area contributed by atoms with Crippen LogP contribution in [0.15, 0.2) is 28.7 Å². The maximum atomic E-state index is 12.1. The fourth-order valence-corrected chi connectivity index (χ4v) is 3.40. The van der Waals surface area contributed by atoms with Crippen molar-refractivity contribution in [1.82, 2.24) is 4.90 Å². The Hall–Kier alpha value is -0.870. The summed E-state index contributed by atoms with van der Waals surface area (Å²) in [4.78, 5) is 14.7. The lowest BCUT2D eigenvalue weighted by molar-refractivity contribution is -0.117. The summed E-state index contributed by atoms with van der Waals surface area (Å²) >= 11 is 3.42. The molecule has 1 amide bonds. The molecule has 0 spiro atoms. The van der Waals surface area contributed by atoms with Crippen LogP contribution in [0.1, 0.15) is 32.1 Å². The van der Waals surface area contributed by atoms with Crippen LogP contribution < -0.4 is 5.32 Å². The second kappa shape index (κ2) is 6.27. The van der Waals surface area contributed by atoms with E-state index < -0.39 is 0 Å². The number of amides is 1. The minimum Gasteiger partial charge on any atom is -0.326 e. The summed E-state index contributed by atoms with van der Waals surface area (Å²) < 4.78 is 0.994. The van der Waals surface area contributed by atoms with Crippen LogP contribution in [0.25, 0.3) is 0 Å². The maximum absolute atomic E-state index is 12.1. The second-order valence-corrected chi connectivity index (χ2v) is 6.89. The molecular formula is C16H21BrN2O. The number of benzene rings is 1. The van der Waals surface area contributed by atoms with E-state index in [1.807, 2.05) is 24.3 Å². The van der Waals surface area contributed by atoms with E-state index in [9.17, 15) is 4.79 Å². The van der Waals surface area contributed by atoms with Crippen molar-refractivity contribution < 1.29 is 4.79 Å². The molecule has 1 aliphatic heterocycles. The van der Waals surface area contributed by atoms with Gasteiger partial charge in [0.2, 0.25) is 5.91 Å². The van der Waals surface area contributed by atoms with Crippen LogP contribution in [-0.2, 0) is 4.79 Å². The number of hydrogen-bond donors (Lipinski definition) is 1. The van der Waals surface area contributed by atoms with Gasteiger partial charge in [0, 0.05) is 22.6 Å². The number of piperidine rings is 1. The Kier molecular flexibility index (Phi) is 4.41. The van der Waals surface area contributed by atoms with Crippen molar-refractivity contribution in [1.29, 1.82) is 0 Å². The average molecular weight is 337 g/mol. The Morgan fingerprint density at radius 2 is 2.00 bits per heavy atom. The van der Waals surface area contributed by atoms with E-state index in [1.54, 1.807) is 0 Å². The molecule has 2 aliphatic rings. The predicted octanol–water partition coefficient (Wildman–Crippen LogP) is 3.65. The highest BCUT2D eigenvalue weighted by Gasteiger charge is 2.32. The summed E-state index contributed by atoms with van der Waals surface area (Å²) in [5.74, 6) is 0.699. The molecule has 2 fully saturated rings. The Morgan fingerprint density at radius 1 is 1.25 bits per heavy atom. The van der Waals surface area contributed by atoms with Gasteiger partial charge in [-0.2, -0.15) is 0 Å². The zero-order valence-electron chi connectivity index (χ0n) is 11.6. The molecule has 0 unspecified atom stereocenters. The lowest BCUT2D eigenvalue weighted by atomic mass is 9.93. The highest BCUT2D eigenvalue weighted by atomic mass is 79.9. The normalized spacial score (nSPS) is 20.9. The first kappa shape index (κ1) is 14.1. The fraction of sp³-hybridized carbons (Fsp3) is 0.562. The molecule has 1 aromatic carbocycles. The third kappa shape index (κ3) is 3.83. The first-order chi connectivity index (χ1) is 9.70. The molecule has 0 atom stereocenters. The van der Waals surface area contributed by atoms with Gasteiger partial charge >= 0.3 is 0 Å². The predicted molar refractivity (Wildman–Crippen MR) is 84.7 cm³/mol. The van der Waals surface area contributed by atoms with Crippen LogP contribution >= 0.6 is 15.9 Å². The molecule has 3 rings (SSSR count). The largest absolute Gasteiger partial charge is 0.326 e. The monoisotopic (exact) mass is 336 g/mol. The molecule has 1 heterocycles. The van der Waals surface area contributed by atoms with E-state index in [0.717, 1.165) is 16.2 Å². The number of likely N-dealkylation sites (tertiary alicyclic amines) is 1. The smallest absolute Gasteiger partial charge is 0.224 e. The molecule has 0 aromatic heterocycles. The summed E-state index contributed by atoms with van der Waals surface area (Å²) in [6.07, 6.45) is 5.76. The number of nitrogens with zero attached hydrogens (tertiary/aromatic N) is 1. The Morgan fingerprint density at radius 3 is 2.65 bits per heavy atom. The molecule has 1 N–H and O–H groups in total. The molecular weight excluding hydrogens is 316 g/mol. The zero-order chi connectivity index (χ0) is 13.9. The molecule has 1 aliphatic carbocycles. The fourth-order valence-electron chi connectivity index (χ4n) is 3.00. The molecule has 1 saturated carbocycles. The standard InChI is InChI=1S/C16H21BrN2O/c17-13-2-1-3-14(11-13)18-16(20)10-12-6-8-19(9-7-12)15-4-5-15/h1-3,11-12,15H,4-10H2,(H,18,20). The number of nitrogens with one attached hydrogen (secondary N) is 1. The summed E-state index contributed by atoms with van der Waals surface area (Å²) in [5.41, 5.74) is 0.875. The van der Waals surface area contributed by atoms with Crippen molar-refractivity contribution in [2.45, 2.75) is 38.1 Å². The topological polar surface area (TPSA) is 32.3 Å². The zero-order valence-corrected chi connectivity index (χ0v) is 13.2. The van der Waals surface area contributed by atoms with Crippen LogP contribution in [0.2, 0.25) is 0 Å². The average Bonchev–Trinajstić information content (AvgIpc) is 3.24. The second-order valence-electron chi connectivity index (χ2n) is 5.97. The lowest BCUT2D eigenvalue weighted by Crippen LogP contribution is -2.36. The van der Waals surface area contributed by atoms with E-state index in [4.69, 9.17) is 0 Å². The Balaban J connectivity index is 1.44. The maximum Gasteiger partial charge on any atom is 0.224 e. The minimum atomic E-state index is 0.146. The molecule has 0 bridgehead atoms. The first-order valence-corrected chi connectivity index (χ1v) is 8.29. The van der Waals surface area contributed by atoms with Gasteiger partial charge in [0.1, 0.15) is 0 Å². The number of rotatable bonds is 4. The summed E-state index contributed by atoms with van der Waals surface area (Å²) in [6, 6.07) is 8.63. The number of hydrogen-bond acceptors (Lipinski definition) is 2. The third-order valence-electron chi connectivity index (χ3n) is 4.29. The van der Waals surface area contributed by atoms with Gasteiger partial charge in [0.15, 0.2) is 0 Å². The van der Waals surface area contributed by atoms with Crippen molar-refractivity contribution in [3.05, 3.63) is 28.7 Å². The van der Waals surface area contributed by atoms with Gasteiger partial charge in [0.25, 0.3) is 0 Å². The van der Waals surface area contributed by atoms with Gasteiger partial charge in [-0.3, -0.25) is 4.79 Å². The number of anilines is 1. The van der Waals surface area contributed by atoms with E-state index in [0.29, 0.717) is 12.3 Å². The highest BCUT2D eigenvalue weighted by Crippen LogP contribution is 2.31. The van der Waals surface area contributed by atoms with E-state index >= 15 is 0 Å². The van der Waals surface area contributed by atoms with Gasteiger partial charge in [-0.25, -0.2) is 0 Å². The van der Waals surface area contributed by atoms with Gasteiger partial charge < -0.3 is 10.2 Å². The van der Waals surface area contributed by atoms with Gasteiger partial charge in [-0.05, 0) is 62.9 Å². The van der Waals surface area contributed by atoms with E-state index in [1.165, 1.54) is 38.8 Å². The van der Waals surface area contributed by atoms with Crippen LogP contribution in [0.3, 0.4) is 0 Å². The van der Waals surface area contributed by atoms with Crippen molar-refractivity contribution in [2.75, 3.05) is 18.4 Å². The van der Waals surface area contributed by atoms with Gasteiger partial charge in [-0.15, -0.1) is 0 Å². The minimum absolute atomic E-state index is 0.146. The lowest BCUT2D eigenvalue weighted by Gasteiger charge is -2.31. The molecule has 3 nitrogen and oxygen atoms in total. The number of halogens is 1. The van der Waals surface area contributed by atoms with Gasteiger partial charge in [-0.1, -0.05) is 22.0 Å². The highest BCUT2D eigenvalue weighted by molar-refractivity contribution is 9.10. The Bertz CT molecular complexity index is 479. The van der Waals surface area contributed by atoms with Crippen molar-refractivity contribution in [2.24, 2.45) is 5.92 Å². The molecule has 1 saturated heterocycles. The van der Waals surface area contributed by atoms with Crippen molar-refractivity contribution in [3.63, 3.8) is 0 Å². The summed E-state index contributed by atoms with van der Waals surface area (Å²) in [6.45, 7) is 2.36.